The summed E-state index contributed by atoms with van der Waals surface area (Å²) in [4.78, 5) is 15.8. The summed E-state index contributed by atoms with van der Waals surface area (Å²) in [7, 11) is 0. The van der Waals surface area contributed by atoms with Crippen LogP contribution < -0.4 is 14.8 Å². The van der Waals surface area contributed by atoms with Crippen molar-refractivity contribution in [2.75, 3.05) is 13.2 Å². The molecule has 0 saturated carbocycles. The number of benzene rings is 1. The molecule has 1 aliphatic rings. The van der Waals surface area contributed by atoms with Crippen molar-refractivity contribution < 1.29 is 19.7 Å². The average Bonchev–Trinajstić information content (AvgIpc) is 2.96. The number of carbonyl (C=O) groups excluding carboxylic acids is 1. The van der Waals surface area contributed by atoms with Gasteiger partial charge in [-0.15, -0.1) is 0 Å². The van der Waals surface area contributed by atoms with Crippen LogP contribution >= 0.6 is 0 Å². The Kier molecular flexibility index (Phi) is 5.65. The minimum atomic E-state index is -0.149. The highest BCUT2D eigenvalue weighted by Crippen LogP contribution is 2.33. The number of hydrogen-bond acceptors (Lipinski definition) is 3. The smallest absolute Gasteiger partial charge is 0.255 e. The molecule has 2 heterocycles. The molecular weight excluding hydrogens is 296 g/mol. The molecule has 0 fully saturated rings. The first-order chi connectivity index (χ1) is 10.8. The molecule has 0 radical (unpaired) electrons. The maximum atomic E-state index is 12.6. The lowest BCUT2D eigenvalue weighted by molar-refractivity contribution is 0.0930. The number of aromatic nitrogens is 1. The van der Waals surface area contributed by atoms with Crippen molar-refractivity contribution in [1.82, 2.24) is 10.3 Å². The highest BCUT2D eigenvalue weighted by Gasteiger charge is 2.21. The highest BCUT2D eigenvalue weighted by molar-refractivity contribution is 5.98. The second-order valence-corrected chi connectivity index (χ2v) is 5.24. The number of hydrogen-bond donors (Lipinski definition) is 2. The van der Waals surface area contributed by atoms with Gasteiger partial charge < -0.3 is 25.3 Å². The van der Waals surface area contributed by atoms with Crippen LogP contribution in [0, 0.1) is 0 Å². The standard InChI is InChI=1S/C17H20N2O3.H2O/c1-2-13(14-7-4-9-18-14)19-17(20)12-6-3-8-15-16(12)22-11-5-10-21-15;/h3-4,6-9,13,18H,2,5,10-11H2,1H3,(H,19,20);1H2. The Balaban J connectivity index is 0.00000192. The van der Waals surface area contributed by atoms with Gasteiger partial charge >= 0.3 is 0 Å². The SMILES string of the molecule is CCC(NC(=O)c1cccc2c1OCCCO2)c1ccc[nH]1.O. The molecule has 23 heavy (non-hydrogen) atoms. The third-order valence-electron chi connectivity index (χ3n) is 3.73. The molecule has 1 amide bonds. The Morgan fingerprint density at radius 3 is 2.83 bits per heavy atom. The molecule has 3 rings (SSSR count). The van der Waals surface area contributed by atoms with Gasteiger partial charge in [-0.3, -0.25) is 4.79 Å². The van der Waals surface area contributed by atoms with Gasteiger partial charge in [0, 0.05) is 18.3 Å². The van der Waals surface area contributed by atoms with E-state index >= 15 is 0 Å². The van der Waals surface area contributed by atoms with Gasteiger partial charge in [0.25, 0.3) is 5.91 Å². The normalized spacial score (nSPS) is 14.3. The summed E-state index contributed by atoms with van der Waals surface area (Å²) < 4.78 is 11.3. The van der Waals surface area contributed by atoms with E-state index in [2.05, 4.69) is 10.3 Å². The number of rotatable bonds is 4. The molecule has 1 aliphatic heterocycles. The number of fused-ring (bicyclic) bond motifs is 1. The van der Waals surface area contributed by atoms with Gasteiger partial charge in [-0.25, -0.2) is 0 Å². The molecule has 4 N–H and O–H groups in total. The maximum Gasteiger partial charge on any atom is 0.255 e. The minimum Gasteiger partial charge on any atom is -0.490 e. The van der Waals surface area contributed by atoms with E-state index in [0.717, 1.165) is 18.5 Å². The Morgan fingerprint density at radius 1 is 1.26 bits per heavy atom. The summed E-state index contributed by atoms with van der Waals surface area (Å²) in [6.07, 6.45) is 3.48. The van der Waals surface area contributed by atoms with Crippen molar-refractivity contribution in [1.29, 1.82) is 0 Å². The lowest BCUT2D eigenvalue weighted by Gasteiger charge is -2.18. The largest absolute Gasteiger partial charge is 0.490 e. The first kappa shape index (κ1) is 16.9. The van der Waals surface area contributed by atoms with Crippen LogP contribution in [0.3, 0.4) is 0 Å². The summed E-state index contributed by atoms with van der Waals surface area (Å²) in [5.74, 6) is 1.03. The lowest BCUT2D eigenvalue weighted by Crippen LogP contribution is -2.28. The second kappa shape index (κ2) is 7.69. The van der Waals surface area contributed by atoms with Crippen molar-refractivity contribution in [3.05, 3.63) is 47.8 Å². The van der Waals surface area contributed by atoms with Crippen molar-refractivity contribution in [2.24, 2.45) is 0 Å². The van der Waals surface area contributed by atoms with Crippen LogP contribution in [0.1, 0.15) is 41.9 Å². The summed E-state index contributed by atoms with van der Waals surface area (Å²) in [5.41, 5.74) is 1.51. The zero-order chi connectivity index (χ0) is 15.4. The Labute approximate surface area is 135 Å². The molecule has 2 aromatic rings. The van der Waals surface area contributed by atoms with Gasteiger partial charge in [0.2, 0.25) is 0 Å². The molecule has 1 aromatic heterocycles. The van der Waals surface area contributed by atoms with Crippen molar-refractivity contribution in [2.45, 2.75) is 25.8 Å². The molecule has 1 aromatic carbocycles. The van der Waals surface area contributed by atoms with E-state index in [-0.39, 0.29) is 17.4 Å². The fraction of sp³-hybridized carbons (Fsp3) is 0.353. The third kappa shape index (κ3) is 3.65. The quantitative estimate of drug-likeness (QED) is 0.905. The molecule has 0 aliphatic carbocycles. The first-order valence-corrected chi connectivity index (χ1v) is 7.62. The number of H-pyrrole nitrogens is 1. The number of aromatic amines is 1. The van der Waals surface area contributed by atoms with Gasteiger partial charge in [0.15, 0.2) is 11.5 Å². The monoisotopic (exact) mass is 318 g/mol. The number of carbonyl (C=O) groups is 1. The van der Waals surface area contributed by atoms with Crippen molar-refractivity contribution in [3.63, 3.8) is 0 Å². The fourth-order valence-corrected chi connectivity index (χ4v) is 2.57. The Bertz CT molecular complexity index is 640. The van der Waals surface area contributed by atoms with E-state index in [1.807, 2.05) is 37.4 Å². The topological polar surface area (TPSA) is 94.8 Å². The van der Waals surface area contributed by atoms with E-state index in [1.165, 1.54) is 0 Å². The zero-order valence-electron chi connectivity index (χ0n) is 13.1. The van der Waals surface area contributed by atoms with Gasteiger partial charge in [-0.1, -0.05) is 13.0 Å². The first-order valence-electron chi connectivity index (χ1n) is 7.62. The number of ether oxygens (including phenoxy) is 2. The minimum absolute atomic E-state index is 0. The van der Waals surface area contributed by atoms with Gasteiger partial charge in [0.1, 0.15) is 0 Å². The van der Waals surface area contributed by atoms with Crippen LogP contribution in [0.2, 0.25) is 0 Å². The number of para-hydroxylation sites is 1. The van der Waals surface area contributed by atoms with Gasteiger partial charge in [-0.2, -0.15) is 0 Å². The number of amides is 1. The van der Waals surface area contributed by atoms with Gasteiger partial charge in [0.05, 0.1) is 24.8 Å². The molecule has 0 saturated heterocycles. The van der Waals surface area contributed by atoms with Crippen molar-refractivity contribution >= 4 is 5.91 Å². The van der Waals surface area contributed by atoms with E-state index in [4.69, 9.17) is 9.47 Å². The molecule has 1 unspecified atom stereocenters. The number of nitrogens with one attached hydrogen (secondary N) is 2. The molecule has 6 nitrogen and oxygen atoms in total. The molecular formula is C17H22N2O4. The molecule has 0 spiro atoms. The molecule has 6 heteroatoms. The van der Waals surface area contributed by atoms with Crippen LogP contribution in [-0.2, 0) is 0 Å². The van der Waals surface area contributed by atoms with Gasteiger partial charge in [-0.05, 0) is 30.7 Å². The molecule has 124 valence electrons. The van der Waals surface area contributed by atoms with E-state index in [9.17, 15) is 4.79 Å². The van der Waals surface area contributed by atoms with Crippen LogP contribution in [0.4, 0.5) is 0 Å². The predicted molar refractivity (Wildman–Crippen MR) is 87.0 cm³/mol. The Morgan fingerprint density at radius 2 is 2.09 bits per heavy atom. The summed E-state index contributed by atoms with van der Waals surface area (Å²) in [6, 6.07) is 9.27. The van der Waals surface area contributed by atoms with Crippen LogP contribution in [-0.4, -0.2) is 29.6 Å². The maximum absolute atomic E-state index is 12.6. The van der Waals surface area contributed by atoms with Crippen molar-refractivity contribution in [3.8, 4) is 11.5 Å². The fourth-order valence-electron chi connectivity index (χ4n) is 2.57. The Hall–Kier alpha value is -2.47. The van der Waals surface area contributed by atoms with E-state index < -0.39 is 0 Å². The van der Waals surface area contributed by atoms with Crippen LogP contribution in [0.25, 0.3) is 0 Å². The zero-order valence-corrected chi connectivity index (χ0v) is 13.1. The third-order valence-corrected chi connectivity index (χ3v) is 3.73. The lowest BCUT2D eigenvalue weighted by atomic mass is 10.1. The summed E-state index contributed by atoms with van der Waals surface area (Å²) in [5, 5.41) is 3.05. The molecule has 0 bridgehead atoms. The highest BCUT2D eigenvalue weighted by atomic mass is 16.5. The van der Waals surface area contributed by atoms with Crippen LogP contribution in [0.5, 0.6) is 11.5 Å². The molecule has 1 atom stereocenters. The second-order valence-electron chi connectivity index (χ2n) is 5.24. The average molecular weight is 318 g/mol. The van der Waals surface area contributed by atoms with E-state index in [0.29, 0.717) is 30.3 Å². The van der Waals surface area contributed by atoms with E-state index in [1.54, 1.807) is 6.07 Å². The van der Waals surface area contributed by atoms with Crippen LogP contribution in [0.15, 0.2) is 36.5 Å². The predicted octanol–water partition coefficient (Wildman–Crippen LogP) is 2.23. The summed E-state index contributed by atoms with van der Waals surface area (Å²) >= 11 is 0. The summed E-state index contributed by atoms with van der Waals surface area (Å²) in [6.45, 7) is 3.21.